The van der Waals surface area contributed by atoms with Crippen LogP contribution in [0.1, 0.15) is 181 Å². The van der Waals surface area contributed by atoms with Gasteiger partial charge in [-0.05, 0) is 89.9 Å². The maximum Gasteiger partial charge on any atom is 0.472 e. The standard InChI is InChI=1S/C50H87O9P/c1-3-5-7-9-11-13-15-17-19-21-22-23-24-25-27-29-31-33-35-37-39-41-43-56-46-49(47-58-60(54,55)57-45-48(52)44-51)59-50(53)42-40-38-36-34-32-30-28-26-20-18-16-14-12-10-8-6-4-2/h5,7,11,13,17-20,22-23,25,27,31,33,48-49,51-52H,3-4,6,8-10,12,14-16,21,24,26,28-30,32,34-47H2,1-2H3,(H,54,55)/b7-5-,13-11-,19-17-,20-18-,23-22-,27-25-,33-31-. The molecular weight excluding hydrogens is 776 g/mol. The molecule has 3 N–H and O–H groups in total. The quantitative estimate of drug-likeness (QED) is 0.0237. The van der Waals surface area contributed by atoms with Crippen LogP contribution in [0.25, 0.3) is 0 Å². The van der Waals surface area contributed by atoms with E-state index in [-0.39, 0.29) is 13.0 Å². The number of rotatable bonds is 44. The molecule has 9 nitrogen and oxygen atoms in total. The van der Waals surface area contributed by atoms with Crippen LogP contribution in [0.5, 0.6) is 0 Å². The number of carbonyl (C=O) groups excluding carboxylic acids is 1. The van der Waals surface area contributed by atoms with Gasteiger partial charge >= 0.3 is 13.8 Å². The smallest absolute Gasteiger partial charge is 0.457 e. The van der Waals surface area contributed by atoms with Crippen molar-refractivity contribution >= 4 is 13.8 Å². The summed E-state index contributed by atoms with van der Waals surface area (Å²) in [6.07, 6.45) is 56.9. The first kappa shape index (κ1) is 57.6. The topological polar surface area (TPSA) is 132 Å². The maximum absolute atomic E-state index is 12.6. The molecule has 60 heavy (non-hydrogen) atoms. The van der Waals surface area contributed by atoms with E-state index in [0.717, 1.165) is 89.9 Å². The van der Waals surface area contributed by atoms with E-state index in [0.29, 0.717) is 13.0 Å². The van der Waals surface area contributed by atoms with Crippen molar-refractivity contribution < 1.29 is 43.0 Å². The van der Waals surface area contributed by atoms with E-state index in [2.05, 4.69) is 98.9 Å². The highest BCUT2D eigenvalue weighted by Gasteiger charge is 2.26. The Labute approximate surface area is 366 Å². The fraction of sp³-hybridized carbons (Fsp3) is 0.700. The van der Waals surface area contributed by atoms with Crippen LogP contribution < -0.4 is 0 Å². The number of unbranched alkanes of at least 4 members (excludes halogenated alkanes) is 16. The Bertz CT molecular complexity index is 1210. The third-order valence-electron chi connectivity index (χ3n) is 9.56. The van der Waals surface area contributed by atoms with Gasteiger partial charge in [0.25, 0.3) is 0 Å². The van der Waals surface area contributed by atoms with Crippen LogP contribution in [-0.4, -0.2) is 66.3 Å². The van der Waals surface area contributed by atoms with E-state index >= 15 is 0 Å². The van der Waals surface area contributed by atoms with Gasteiger partial charge in [0.05, 0.1) is 26.4 Å². The Morgan fingerprint density at radius 1 is 0.533 bits per heavy atom. The van der Waals surface area contributed by atoms with Crippen molar-refractivity contribution in [1.82, 2.24) is 0 Å². The Hall–Kier alpha value is -2.36. The highest BCUT2D eigenvalue weighted by Crippen LogP contribution is 2.43. The molecule has 3 unspecified atom stereocenters. The zero-order valence-electron chi connectivity index (χ0n) is 37.9. The first-order valence-electron chi connectivity index (χ1n) is 23.6. The zero-order chi connectivity index (χ0) is 43.9. The molecule has 0 aliphatic carbocycles. The van der Waals surface area contributed by atoms with Crippen LogP contribution in [0.4, 0.5) is 0 Å². The molecule has 0 saturated carbocycles. The summed E-state index contributed by atoms with van der Waals surface area (Å²) >= 11 is 0. The molecule has 346 valence electrons. The van der Waals surface area contributed by atoms with E-state index in [1.807, 2.05) is 0 Å². The van der Waals surface area contributed by atoms with Gasteiger partial charge in [-0.1, -0.05) is 170 Å². The second-order valence-electron chi connectivity index (χ2n) is 15.4. The molecule has 0 spiro atoms. The van der Waals surface area contributed by atoms with Gasteiger partial charge in [0.2, 0.25) is 0 Å². The van der Waals surface area contributed by atoms with Crippen LogP contribution in [0.15, 0.2) is 85.1 Å². The average molecular weight is 863 g/mol. The van der Waals surface area contributed by atoms with Gasteiger partial charge in [0, 0.05) is 13.0 Å². The fourth-order valence-electron chi connectivity index (χ4n) is 6.00. The summed E-state index contributed by atoms with van der Waals surface area (Å²) in [5.74, 6) is -0.402. The SMILES string of the molecule is CC/C=C\C/C=C\C/C=C\C/C=C\C/C=C\C/C=C\CCCCCOCC(COP(=O)(O)OCC(O)CO)OC(=O)CCCCCCCCC/C=C\CCCCCCCC. The summed E-state index contributed by atoms with van der Waals surface area (Å²) in [4.78, 5) is 22.6. The summed E-state index contributed by atoms with van der Waals surface area (Å²) in [6, 6.07) is 0. The molecule has 10 heteroatoms. The maximum atomic E-state index is 12.6. The van der Waals surface area contributed by atoms with Gasteiger partial charge in [-0.2, -0.15) is 0 Å². The summed E-state index contributed by atoms with van der Waals surface area (Å²) in [7, 11) is -4.54. The summed E-state index contributed by atoms with van der Waals surface area (Å²) in [6.45, 7) is 3.30. The zero-order valence-corrected chi connectivity index (χ0v) is 38.8. The Morgan fingerprint density at radius 3 is 1.45 bits per heavy atom. The van der Waals surface area contributed by atoms with Crippen LogP contribution in [0, 0.1) is 0 Å². The van der Waals surface area contributed by atoms with Gasteiger partial charge in [0.1, 0.15) is 12.2 Å². The number of aliphatic hydroxyl groups is 2. The van der Waals surface area contributed by atoms with E-state index in [4.69, 9.17) is 23.6 Å². The molecule has 0 aliphatic rings. The minimum absolute atomic E-state index is 0.0202. The van der Waals surface area contributed by atoms with E-state index in [1.165, 1.54) is 64.2 Å². The van der Waals surface area contributed by atoms with Crippen LogP contribution in [0.2, 0.25) is 0 Å². The average Bonchev–Trinajstić information content (AvgIpc) is 3.24. The minimum Gasteiger partial charge on any atom is -0.457 e. The first-order valence-corrected chi connectivity index (χ1v) is 25.1. The number of hydrogen-bond acceptors (Lipinski definition) is 8. The normalized spacial score (nSPS) is 14.7. The summed E-state index contributed by atoms with van der Waals surface area (Å²) in [5, 5.41) is 18.4. The number of aliphatic hydroxyl groups excluding tert-OH is 2. The molecular formula is C50H87O9P. The Kier molecular flexibility index (Phi) is 44.3. The van der Waals surface area contributed by atoms with Crippen molar-refractivity contribution in [3.8, 4) is 0 Å². The molecule has 0 aromatic rings. The molecule has 0 radical (unpaired) electrons. The van der Waals surface area contributed by atoms with Gasteiger partial charge in [0.15, 0.2) is 0 Å². The van der Waals surface area contributed by atoms with Crippen LogP contribution in [0.3, 0.4) is 0 Å². The van der Waals surface area contributed by atoms with Gasteiger partial charge < -0.3 is 24.6 Å². The lowest BCUT2D eigenvalue weighted by atomic mass is 10.1. The molecule has 0 aromatic carbocycles. The van der Waals surface area contributed by atoms with E-state index in [1.54, 1.807) is 0 Å². The second kappa shape index (κ2) is 46.2. The Morgan fingerprint density at radius 2 is 0.950 bits per heavy atom. The van der Waals surface area contributed by atoms with Crippen molar-refractivity contribution in [2.24, 2.45) is 0 Å². The Balaban J connectivity index is 4.23. The third kappa shape index (κ3) is 45.2. The number of phosphoric ester groups is 1. The van der Waals surface area contributed by atoms with Crippen LogP contribution in [-0.2, 0) is 27.9 Å². The van der Waals surface area contributed by atoms with Gasteiger partial charge in [-0.3, -0.25) is 13.8 Å². The molecule has 0 amide bonds. The molecule has 3 atom stereocenters. The van der Waals surface area contributed by atoms with Gasteiger partial charge in [-0.25, -0.2) is 4.57 Å². The summed E-state index contributed by atoms with van der Waals surface area (Å²) in [5.41, 5.74) is 0. The molecule has 0 rings (SSSR count). The molecule has 0 saturated heterocycles. The number of allylic oxidation sites excluding steroid dienone is 14. The molecule has 0 heterocycles. The number of ether oxygens (including phenoxy) is 2. The second-order valence-corrected chi connectivity index (χ2v) is 16.8. The fourth-order valence-corrected chi connectivity index (χ4v) is 6.79. The largest absolute Gasteiger partial charge is 0.472 e. The number of hydrogen-bond donors (Lipinski definition) is 3. The predicted octanol–water partition coefficient (Wildman–Crippen LogP) is 13.5. The highest BCUT2D eigenvalue weighted by atomic mass is 31.2. The molecule has 0 bridgehead atoms. The summed E-state index contributed by atoms with van der Waals surface area (Å²) < 4.78 is 33.4. The number of carbonyl (C=O) groups is 1. The van der Waals surface area contributed by atoms with Crippen molar-refractivity contribution in [3.05, 3.63) is 85.1 Å². The number of esters is 1. The van der Waals surface area contributed by atoms with E-state index < -0.39 is 45.8 Å². The first-order chi connectivity index (χ1) is 29.3. The molecule has 0 aliphatic heterocycles. The van der Waals surface area contributed by atoms with Crippen molar-refractivity contribution in [2.45, 2.75) is 193 Å². The lowest BCUT2D eigenvalue weighted by Gasteiger charge is -2.20. The van der Waals surface area contributed by atoms with Crippen molar-refractivity contribution in [1.29, 1.82) is 0 Å². The lowest BCUT2D eigenvalue weighted by molar-refractivity contribution is -0.154. The van der Waals surface area contributed by atoms with Crippen molar-refractivity contribution in [3.63, 3.8) is 0 Å². The minimum atomic E-state index is -4.54. The number of phosphoric acid groups is 1. The third-order valence-corrected chi connectivity index (χ3v) is 10.5. The van der Waals surface area contributed by atoms with E-state index in [9.17, 15) is 19.4 Å². The molecule has 0 fully saturated rings. The van der Waals surface area contributed by atoms with Crippen molar-refractivity contribution in [2.75, 3.05) is 33.0 Å². The molecule has 0 aromatic heterocycles. The predicted molar refractivity (Wildman–Crippen MR) is 251 cm³/mol. The monoisotopic (exact) mass is 863 g/mol. The lowest BCUT2D eigenvalue weighted by Crippen LogP contribution is -2.29. The highest BCUT2D eigenvalue weighted by molar-refractivity contribution is 7.47. The van der Waals surface area contributed by atoms with Crippen LogP contribution >= 0.6 is 7.82 Å². The van der Waals surface area contributed by atoms with Gasteiger partial charge in [-0.15, -0.1) is 0 Å².